The van der Waals surface area contributed by atoms with Crippen LogP contribution in [-0.4, -0.2) is 28.5 Å². The zero-order valence-corrected chi connectivity index (χ0v) is 8.83. The van der Waals surface area contributed by atoms with E-state index in [1.807, 2.05) is 6.92 Å². The molecule has 1 aromatic heterocycles. The minimum absolute atomic E-state index is 0.127. The SMILES string of the molecule is CCn1ccn(CCOCC(F)(F)F)c1=O. The molecule has 0 atom stereocenters. The monoisotopic (exact) mass is 238 g/mol. The van der Waals surface area contributed by atoms with Crippen LogP contribution in [0.1, 0.15) is 6.92 Å². The predicted molar refractivity (Wildman–Crippen MR) is 51.2 cm³/mol. The number of halogens is 3. The summed E-state index contributed by atoms with van der Waals surface area (Å²) in [6.45, 7) is 1.06. The second-order valence-electron chi connectivity index (χ2n) is 3.23. The maximum Gasteiger partial charge on any atom is 0.411 e. The van der Waals surface area contributed by atoms with E-state index < -0.39 is 12.8 Å². The Labute approximate surface area is 90.2 Å². The van der Waals surface area contributed by atoms with Gasteiger partial charge in [-0.1, -0.05) is 0 Å². The van der Waals surface area contributed by atoms with Gasteiger partial charge in [0.25, 0.3) is 0 Å². The molecule has 0 aromatic carbocycles. The van der Waals surface area contributed by atoms with Crippen molar-refractivity contribution in [1.29, 1.82) is 0 Å². The summed E-state index contributed by atoms with van der Waals surface area (Å²) in [5, 5.41) is 0. The van der Waals surface area contributed by atoms with Gasteiger partial charge in [-0.2, -0.15) is 13.2 Å². The van der Waals surface area contributed by atoms with Gasteiger partial charge in [-0.25, -0.2) is 4.79 Å². The molecule has 4 nitrogen and oxygen atoms in total. The van der Waals surface area contributed by atoms with Gasteiger partial charge in [0.2, 0.25) is 0 Å². The fourth-order valence-electron chi connectivity index (χ4n) is 1.22. The Morgan fingerprint density at radius 3 is 2.44 bits per heavy atom. The van der Waals surface area contributed by atoms with E-state index in [9.17, 15) is 18.0 Å². The number of nitrogens with zero attached hydrogens (tertiary/aromatic N) is 2. The van der Waals surface area contributed by atoms with Crippen molar-refractivity contribution in [2.45, 2.75) is 26.2 Å². The van der Waals surface area contributed by atoms with Gasteiger partial charge in [-0.15, -0.1) is 0 Å². The molecule has 0 unspecified atom stereocenters. The molecule has 7 heteroatoms. The van der Waals surface area contributed by atoms with Crippen LogP contribution >= 0.6 is 0 Å². The van der Waals surface area contributed by atoms with Crippen molar-refractivity contribution in [3.05, 3.63) is 22.9 Å². The molecule has 1 heterocycles. The Bertz CT molecular complexity index is 381. The van der Waals surface area contributed by atoms with E-state index in [1.165, 1.54) is 15.3 Å². The van der Waals surface area contributed by atoms with E-state index in [0.717, 1.165) is 0 Å². The topological polar surface area (TPSA) is 36.2 Å². The van der Waals surface area contributed by atoms with E-state index in [4.69, 9.17) is 0 Å². The average molecular weight is 238 g/mol. The Morgan fingerprint density at radius 2 is 1.94 bits per heavy atom. The van der Waals surface area contributed by atoms with Crippen LogP contribution in [0.2, 0.25) is 0 Å². The first-order valence-corrected chi connectivity index (χ1v) is 4.84. The summed E-state index contributed by atoms with van der Waals surface area (Å²) in [5.74, 6) is 0. The molecule has 0 aliphatic rings. The summed E-state index contributed by atoms with van der Waals surface area (Å²) in [4.78, 5) is 11.4. The van der Waals surface area contributed by atoms with Crippen LogP contribution < -0.4 is 5.69 Å². The molecule has 1 aromatic rings. The lowest BCUT2D eigenvalue weighted by Gasteiger charge is -2.07. The number of aromatic nitrogens is 2. The van der Waals surface area contributed by atoms with Gasteiger partial charge in [0.1, 0.15) is 6.61 Å². The second kappa shape index (κ2) is 5.20. The number of ether oxygens (including phenoxy) is 1. The predicted octanol–water partition coefficient (Wildman–Crippen LogP) is 1.25. The molecule has 0 aliphatic heterocycles. The fraction of sp³-hybridized carbons (Fsp3) is 0.667. The highest BCUT2D eigenvalue weighted by Gasteiger charge is 2.27. The first kappa shape index (κ1) is 12.8. The molecular formula is C9H13F3N2O2. The smallest absolute Gasteiger partial charge is 0.370 e. The van der Waals surface area contributed by atoms with Crippen molar-refractivity contribution >= 4 is 0 Å². The average Bonchev–Trinajstić information content (AvgIpc) is 2.53. The van der Waals surface area contributed by atoms with Gasteiger partial charge in [0.05, 0.1) is 13.2 Å². The van der Waals surface area contributed by atoms with Crippen molar-refractivity contribution in [1.82, 2.24) is 9.13 Å². The normalized spacial score (nSPS) is 12.0. The lowest BCUT2D eigenvalue weighted by atomic mass is 10.6. The third-order valence-electron chi connectivity index (χ3n) is 2.00. The minimum Gasteiger partial charge on any atom is -0.370 e. The summed E-state index contributed by atoms with van der Waals surface area (Å²) < 4.78 is 42.4. The standard InChI is InChI=1S/C9H13F3N2O2/c1-2-13-3-4-14(8(13)15)5-6-16-7-9(10,11)12/h3-4H,2,5-7H2,1H3. The van der Waals surface area contributed by atoms with Crippen molar-refractivity contribution < 1.29 is 17.9 Å². The first-order chi connectivity index (χ1) is 7.44. The Morgan fingerprint density at radius 1 is 1.31 bits per heavy atom. The second-order valence-corrected chi connectivity index (χ2v) is 3.23. The molecule has 0 amide bonds. The quantitative estimate of drug-likeness (QED) is 0.724. The van der Waals surface area contributed by atoms with E-state index in [2.05, 4.69) is 4.74 Å². The maximum atomic E-state index is 11.7. The maximum absolute atomic E-state index is 11.7. The number of hydrogen-bond donors (Lipinski definition) is 0. The molecule has 0 radical (unpaired) electrons. The highest BCUT2D eigenvalue weighted by molar-refractivity contribution is 4.80. The summed E-state index contributed by atoms with van der Waals surface area (Å²) in [6, 6.07) is 0. The molecule has 0 saturated heterocycles. The van der Waals surface area contributed by atoms with E-state index in [1.54, 1.807) is 6.20 Å². The fourth-order valence-corrected chi connectivity index (χ4v) is 1.22. The Hall–Kier alpha value is -1.24. The lowest BCUT2D eigenvalue weighted by Crippen LogP contribution is -2.26. The number of alkyl halides is 3. The summed E-state index contributed by atoms with van der Waals surface area (Å²) in [5.41, 5.74) is -0.238. The van der Waals surface area contributed by atoms with Crippen LogP contribution in [0.15, 0.2) is 17.2 Å². The third kappa shape index (κ3) is 3.73. The molecule has 0 saturated carbocycles. The number of rotatable bonds is 5. The zero-order chi connectivity index (χ0) is 12.2. The molecule has 0 bridgehead atoms. The Kier molecular flexibility index (Phi) is 4.17. The van der Waals surface area contributed by atoms with Gasteiger partial charge in [-0.05, 0) is 6.92 Å². The summed E-state index contributed by atoms with van der Waals surface area (Å²) in [7, 11) is 0. The van der Waals surface area contributed by atoms with Crippen molar-refractivity contribution in [2.75, 3.05) is 13.2 Å². The van der Waals surface area contributed by atoms with E-state index >= 15 is 0 Å². The van der Waals surface area contributed by atoms with E-state index in [0.29, 0.717) is 6.54 Å². The lowest BCUT2D eigenvalue weighted by molar-refractivity contribution is -0.174. The number of aryl methyl sites for hydroxylation is 1. The van der Waals surface area contributed by atoms with E-state index in [-0.39, 0.29) is 18.8 Å². The molecule has 16 heavy (non-hydrogen) atoms. The highest BCUT2D eigenvalue weighted by atomic mass is 19.4. The molecule has 92 valence electrons. The van der Waals surface area contributed by atoms with Crippen molar-refractivity contribution in [3.63, 3.8) is 0 Å². The van der Waals surface area contributed by atoms with Gasteiger partial charge >= 0.3 is 11.9 Å². The van der Waals surface area contributed by atoms with Crippen LogP contribution in [0, 0.1) is 0 Å². The van der Waals surface area contributed by atoms with Crippen LogP contribution in [0.25, 0.3) is 0 Å². The summed E-state index contributed by atoms with van der Waals surface area (Å²) >= 11 is 0. The van der Waals surface area contributed by atoms with Crippen LogP contribution in [-0.2, 0) is 17.8 Å². The van der Waals surface area contributed by atoms with Gasteiger partial charge in [0, 0.05) is 18.9 Å². The molecule has 0 N–H and O–H groups in total. The first-order valence-electron chi connectivity index (χ1n) is 4.84. The minimum atomic E-state index is -4.32. The van der Waals surface area contributed by atoms with Crippen molar-refractivity contribution in [2.24, 2.45) is 0 Å². The molecular weight excluding hydrogens is 225 g/mol. The van der Waals surface area contributed by atoms with Crippen LogP contribution in [0.3, 0.4) is 0 Å². The summed E-state index contributed by atoms with van der Waals surface area (Å²) in [6.07, 6.45) is -1.20. The highest BCUT2D eigenvalue weighted by Crippen LogP contribution is 2.14. The van der Waals surface area contributed by atoms with Gasteiger partial charge in [0.15, 0.2) is 0 Å². The van der Waals surface area contributed by atoms with Crippen LogP contribution in [0.5, 0.6) is 0 Å². The van der Waals surface area contributed by atoms with Gasteiger partial charge in [-0.3, -0.25) is 9.13 Å². The molecule has 0 fully saturated rings. The third-order valence-corrected chi connectivity index (χ3v) is 2.00. The Balaban J connectivity index is 2.38. The molecule has 0 aliphatic carbocycles. The van der Waals surface area contributed by atoms with Gasteiger partial charge < -0.3 is 4.74 Å². The molecule has 1 rings (SSSR count). The molecule has 0 spiro atoms. The number of hydrogen-bond acceptors (Lipinski definition) is 2. The zero-order valence-electron chi connectivity index (χ0n) is 8.83. The number of imidazole rings is 1. The largest absolute Gasteiger partial charge is 0.411 e. The van der Waals surface area contributed by atoms with Crippen molar-refractivity contribution in [3.8, 4) is 0 Å². The van der Waals surface area contributed by atoms with Crippen LogP contribution in [0.4, 0.5) is 13.2 Å².